The van der Waals surface area contributed by atoms with Crippen molar-refractivity contribution in [1.82, 2.24) is 0 Å². The lowest BCUT2D eigenvalue weighted by Crippen LogP contribution is -2.29. The summed E-state index contributed by atoms with van der Waals surface area (Å²) in [6.07, 6.45) is 3.57. The highest BCUT2D eigenvalue weighted by molar-refractivity contribution is 7.59. The van der Waals surface area contributed by atoms with Gasteiger partial charge in [-0.15, -0.1) is 0 Å². The molecule has 0 saturated carbocycles. The number of rotatable bonds is 7. The number of nitrogens with two attached hydrogens (primary N) is 1. The van der Waals surface area contributed by atoms with E-state index >= 15 is 0 Å². The second-order valence-electron chi connectivity index (χ2n) is 3.25. The Hall–Kier alpha value is -0.550. The van der Waals surface area contributed by atoms with E-state index in [4.69, 9.17) is 10.8 Å². The van der Waals surface area contributed by atoms with Crippen LogP contribution < -0.4 is 5.73 Å². The molecule has 0 amide bonds. The molecular formula is C9H19NO3S. The van der Waals surface area contributed by atoms with Crippen LogP contribution in [-0.2, 0) is 9.59 Å². The maximum absolute atomic E-state index is 10.5. The first-order valence-electron chi connectivity index (χ1n) is 4.52. The van der Waals surface area contributed by atoms with Crippen LogP contribution in [0.25, 0.3) is 0 Å². The number of carbonyl (C=O) groups is 2. The summed E-state index contributed by atoms with van der Waals surface area (Å²) in [4.78, 5) is 20.8. The molecule has 0 saturated heterocycles. The zero-order chi connectivity index (χ0) is 10.3. The zero-order valence-electron chi connectivity index (χ0n) is 8.45. The zero-order valence-corrected chi connectivity index (χ0v) is 9.45. The lowest BCUT2D eigenvalue weighted by atomic mass is 10.1. The van der Waals surface area contributed by atoms with Crippen molar-refractivity contribution in [1.29, 1.82) is 0 Å². The van der Waals surface area contributed by atoms with E-state index < -0.39 is 12.0 Å². The van der Waals surface area contributed by atoms with Gasteiger partial charge in [-0.3, -0.25) is 4.79 Å². The Morgan fingerprint density at radius 1 is 1.29 bits per heavy atom. The van der Waals surface area contributed by atoms with Crippen molar-refractivity contribution < 1.29 is 14.7 Å². The molecule has 0 unspecified atom stereocenters. The number of carboxylic acid groups (broad SMARTS) is 1. The fraction of sp³-hybridized carbons (Fsp3) is 0.778. The second kappa shape index (κ2) is 9.02. The normalized spacial score (nSPS) is 11.6. The van der Waals surface area contributed by atoms with E-state index in [1.165, 1.54) is 0 Å². The first-order chi connectivity index (χ1) is 6.04. The number of hydrogen-bond acceptors (Lipinski definition) is 3. The summed E-state index contributed by atoms with van der Waals surface area (Å²) in [6, 6.07) is -0.752. The Morgan fingerprint density at radius 3 is 2.29 bits per heavy atom. The fourth-order valence-electron chi connectivity index (χ4n) is 1.04. The van der Waals surface area contributed by atoms with Crippen molar-refractivity contribution >= 4 is 25.2 Å². The van der Waals surface area contributed by atoms with E-state index in [9.17, 15) is 9.59 Å². The smallest absolute Gasteiger partial charge is 0.320 e. The number of hydrogen-bond donors (Lipinski definition) is 2. The van der Waals surface area contributed by atoms with Crippen LogP contribution >= 0.6 is 13.5 Å². The van der Waals surface area contributed by atoms with Crippen LogP contribution in [0.2, 0.25) is 0 Å². The van der Waals surface area contributed by atoms with Crippen LogP contribution in [0.1, 0.15) is 39.0 Å². The highest BCUT2D eigenvalue weighted by atomic mass is 32.1. The number of Topliss-reactive ketones (excluding diaryl/α,β-unsaturated/α-hetero) is 1. The molecule has 1 atom stereocenters. The van der Waals surface area contributed by atoms with Crippen molar-refractivity contribution in [3.05, 3.63) is 0 Å². The van der Waals surface area contributed by atoms with E-state index in [1.54, 1.807) is 6.92 Å². The molecule has 4 nitrogen and oxygen atoms in total. The van der Waals surface area contributed by atoms with E-state index in [0.717, 1.165) is 19.3 Å². The predicted molar refractivity (Wildman–Crippen MR) is 59.8 cm³/mol. The summed E-state index contributed by atoms with van der Waals surface area (Å²) < 4.78 is 0. The van der Waals surface area contributed by atoms with Crippen LogP contribution in [0.3, 0.4) is 0 Å². The van der Waals surface area contributed by atoms with Crippen molar-refractivity contribution in [2.75, 3.05) is 0 Å². The van der Waals surface area contributed by atoms with E-state index in [1.807, 2.05) is 0 Å². The molecule has 5 heteroatoms. The molecule has 0 aliphatic rings. The molecular weight excluding hydrogens is 202 g/mol. The molecule has 0 aliphatic heterocycles. The summed E-state index contributed by atoms with van der Waals surface area (Å²) in [5, 5.41) is 8.45. The van der Waals surface area contributed by atoms with E-state index in [2.05, 4.69) is 0 Å². The monoisotopic (exact) mass is 221 g/mol. The predicted octanol–water partition coefficient (Wildman–Crippen LogP) is 1.05. The Morgan fingerprint density at radius 2 is 1.86 bits per heavy atom. The lowest BCUT2D eigenvalue weighted by molar-refractivity contribution is -0.138. The van der Waals surface area contributed by atoms with Gasteiger partial charge in [0.05, 0.1) is 0 Å². The number of carboxylic acids is 1. The first kappa shape index (κ1) is 15.9. The van der Waals surface area contributed by atoms with Gasteiger partial charge in [0, 0.05) is 6.42 Å². The third-order valence-electron chi connectivity index (χ3n) is 1.86. The minimum Gasteiger partial charge on any atom is -0.480 e. The summed E-state index contributed by atoms with van der Waals surface area (Å²) in [6.45, 7) is 1.56. The minimum absolute atomic E-state index is 0. The molecule has 0 fully saturated rings. The molecule has 0 radical (unpaired) electrons. The SMILES string of the molecule is CC(=O)CCCCC[C@H](N)C(=O)O.S. The standard InChI is InChI=1S/C9H17NO3.H2S/c1-7(11)5-3-2-4-6-8(10)9(12)13;/h8H,2-6,10H2,1H3,(H,12,13);1H2/t8-;/m0./s1. The van der Waals surface area contributed by atoms with Crippen molar-refractivity contribution in [3.8, 4) is 0 Å². The molecule has 84 valence electrons. The minimum atomic E-state index is -0.952. The summed E-state index contributed by atoms with van der Waals surface area (Å²) in [7, 11) is 0. The van der Waals surface area contributed by atoms with Gasteiger partial charge in [0.15, 0.2) is 0 Å². The number of carbonyl (C=O) groups excluding carboxylic acids is 1. The number of aliphatic carboxylic acids is 1. The first-order valence-corrected chi connectivity index (χ1v) is 4.52. The average Bonchev–Trinajstić information content (AvgIpc) is 2.02. The van der Waals surface area contributed by atoms with E-state index in [0.29, 0.717) is 12.8 Å². The molecule has 3 N–H and O–H groups in total. The quantitative estimate of drug-likeness (QED) is 0.630. The molecule has 0 heterocycles. The van der Waals surface area contributed by atoms with Gasteiger partial charge >= 0.3 is 5.97 Å². The van der Waals surface area contributed by atoms with Gasteiger partial charge in [-0.2, -0.15) is 13.5 Å². The fourth-order valence-corrected chi connectivity index (χ4v) is 1.04. The maximum Gasteiger partial charge on any atom is 0.320 e. The Bertz CT molecular complexity index is 185. The molecule has 0 rings (SSSR count). The average molecular weight is 221 g/mol. The molecule has 14 heavy (non-hydrogen) atoms. The topological polar surface area (TPSA) is 80.4 Å². The highest BCUT2D eigenvalue weighted by Crippen LogP contribution is 2.05. The van der Waals surface area contributed by atoms with Gasteiger partial charge < -0.3 is 15.6 Å². The maximum atomic E-state index is 10.5. The molecule has 0 bridgehead atoms. The van der Waals surface area contributed by atoms with Gasteiger partial charge in [0.25, 0.3) is 0 Å². The van der Waals surface area contributed by atoms with Gasteiger partial charge in [-0.05, 0) is 19.8 Å². The summed E-state index contributed by atoms with van der Waals surface area (Å²) in [5.74, 6) is -0.769. The summed E-state index contributed by atoms with van der Waals surface area (Å²) >= 11 is 0. The van der Waals surface area contributed by atoms with Crippen LogP contribution in [0.4, 0.5) is 0 Å². The van der Waals surface area contributed by atoms with Crippen LogP contribution in [0, 0.1) is 0 Å². The van der Waals surface area contributed by atoms with Crippen molar-refractivity contribution in [3.63, 3.8) is 0 Å². The molecule has 0 aliphatic carbocycles. The van der Waals surface area contributed by atoms with Gasteiger partial charge in [-0.25, -0.2) is 0 Å². The second-order valence-corrected chi connectivity index (χ2v) is 3.25. The van der Waals surface area contributed by atoms with Crippen LogP contribution in [-0.4, -0.2) is 22.9 Å². The molecule has 0 aromatic rings. The Labute approximate surface area is 91.3 Å². The third kappa shape index (κ3) is 9.54. The number of ketones is 1. The molecule has 0 aromatic heterocycles. The lowest BCUT2D eigenvalue weighted by Gasteiger charge is -2.04. The van der Waals surface area contributed by atoms with Gasteiger partial charge in [-0.1, -0.05) is 12.8 Å². The largest absolute Gasteiger partial charge is 0.480 e. The summed E-state index contributed by atoms with van der Waals surface area (Å²) in [5.41, 5.74) is 5.29. The highest BCUT2D eigenvalue weighted by Gasteiger charge is 2.09. The molecule has 0 aromatic carbocycles. The third-order valence-corrected chi connectivity index (χ3v) is 1.86. The van der Waals surface area contributed by atoms with Crippen molar-refractivity contribution in [2.24, 2.45) is 5.73 Å². The Balaban J connectivity index is 0. The van der Waals surface area contributed by atoms with Crippen LogP contribution in [0.5, 0.6) is 0 Å². The van der Waals surface area contributed by atoms with Crippen LogP contribution in [0.15, 0.2) is 0 Å². The Kier molecular flexibility index (Phi) is 10.2. The van der Waals surface area contributed by atoms with Crippen molar-refractivity contribution in [2.45, 2.75) is 45.1 Å². The number of unbranched alkanes of at least 4 members (excludes halogenated alkanes) is 2. The van der Waals surface area contributed by atoms with Gasteiger partial charge in [0.1, 0.15) is 11.8 Å². The van der Waals surface area contributed by atoms with Gasteiger partial charge in [0.2, 0.25) is 0 Å². The molecule has 0 spiro atoms. The van der Waals surface area contributed by atoms with E-state index in [-0.39, 0.29) is 19.3 Å².